The number of unbranched alkanes of at least 4 members (excludes halogenated alkanes) is 10. The molecule has 3 aromatic rings. The van der Waals surface area contributed by atoms with Gasteiger partial charge in [-0.3, -0.25) is 0 Å². The second-order valence-corrected chi connectivity index (χ2v) is 10.8. The quantitative estimate of drug-likeness (QED) is 0.102. The molecule has 4 nitrogen and oxygen atoms in total. The molecule has 0 aliphatic heterocycles. The van der Waals surface area contributed by atoms with Gasteiger partial charge in [-0.25, -0.2) is 9.59 Å². The summed E-state index contributed by atoms with van der Waals surface area (Å²) in [7, 11) is 0. The van der Waals surface area contributed by atoms with Crippen LogP contribution in [0.4, 0.5) is 0 Å². The van der Waals surface area contributed by atoms with Crippen LogP contribution in [0.25, 0.3) is 11.1 Å². The fourth-order valence-electron chi connectivity index (χ4n) is 5.17. The van der Waals surface area contributed by atoms with Gasteiger partial charge in [0.1, 0.15) is 0 Å². The average molecular weight is 557 g/mol. The number of carbonyl (C=O) groups excluding carboxylic acids is 2. The topological polar surface area (TPSA) is 52.6 Å². The molecular formula is C37H48O4. The van der Waals surface area contributed by atoms with Gasteiger partial charge in [-0.1, -0.05) is 139 Å². The molecule has 220 valence electrons. The molecule has 41 heavy (non-hydrogen) atoms. The molecule has 0 saturated heterocycles. The normalized spacial score (nSPS) is 11.2. The van der Waals surface area contributed by atoms with E-state index in [0.717, 1.165) is 32.1 Å². The lowest BCUT2D eigenvalue weighted by atomic mass is 10.1. The Hall–Kier alpha value is -3.40. The molecule has 0 heterocycles. The lowest BCUT2D eigenvalue weighted by Crippen LogP contribution is -2.15. The van der Waals surface area contributed by atoms with Crippen molar-refractivity contribution in [1.29, 1.82) is 0 Å². The van der Waals surface area contributed by atoms with Crippen molar-refractivity contribution < 1.29 is 19.1 Å². The van der Waals surface area contributed by atoms with Crippen molar-refractivity contribution in [2.75, 3.05) is 13.2 Å². The summed E-state index contributed by atoms with van der Waals surface area (Å²) < 4.78 is 10.7. The summed E-state index contributed by atoms with van der Waals surface area (Å²) in [6.45, 7) is 5.17. The highest BCUT2D eigenvalue weighted by molar-refractivity contribution is 6.03. The molecule has 0 unspecified atom stereocenters. The Balaban J connectivity index is 0.000000289. The molecule has 1 aliphatic carbocycles. The number of fused-ring (bicyclic) bond motifs is 3. The fourth-order valence-corrected chi connectivity index (χ4v) is 5.17. The summed E-state index contributed by atoms with van der Waals surface area (Å²) in [5, 5.41) is 0. The predicted molar refractivity (Wildman–Crippen MR) is 168 cm³/mol. The number of benzene rings is 3. The Morgan fingerprint density at radius 3 is 1.32 bits per heavy atom. The highest BCUT2D eigenvalue weighted by Crippen LogP contribution is 2.35. The molecule has 3 aromatic carbocycles. The van der Waals surface area contributed by atoms with Crippen LogP contribution in [0.3, 0.4) is 0 Å². The number of rotatable bonds is 16. The van der Waals surface area contributed by atoms with E-state index in [0.29, 0.717) is 24.3 Å². The van der Waals surface area contributed by atoms with Crippen LogP contribution in [0.1, 0.15) is 123 Å². The fraction of sp³-hybridized carbons (Fsp3) is 0.459. The van der Waals surface area contributed by atoms with Crippen LogP contribution in [-0.2, 0) is 15.9 Å². The summed E-state index contributed by atoms with van der Waals surface area (Å²) >= 11 is 0. The van der Waals surface area contributed by atoms with Gasteiger partial charge in [-0.2, -0.15) is 0 Å². The van der Waals surface area contributed by atoms with E-state index in [9.17, 15) is 9.59 Å². The van der Waals surface area contributed by atoms with Gasteiger partial charge < -0.3 is 9.47 Å². The molecular weight excluding hydrogens is 508 g/mol. The van der Waals surface area contributed by atoms with Crippen molar-refractivity contribution in [2.45, 2.75) is 97.3 Å². The van der Waals surface area contributed by atoms with Crippen LogP contribution < -0.4 is 0 Å². The summed E-state index contributed by atoms with van der Waals surface area (Å²) in [4.78, 5) is 24.7. The van der Waals surface area contributed by atoms with Crippen molar-refractivity contribution >= 4 is 11.9 Å². The molecule has 0 aromatic heterocycles. The molecule has 1 aliphatic rings. The monoisotopic (exact) mass is 556 g/mol. The highest BCUT2D eigenvalue weighted by atomic mass is 16.5. The van der Waals surface area contributed by atoms with E-state index in [1.54, 1.807) is 24.3 Å². The lowest BCUT2D eigenvalue weighted by Gasteiger charge is -2.10. The van der Waals surface area contributed by atoms with Crippen molar-refractivity contribution in [3.8, 4) is 11.1 Å². The van der Waals surface area contributed by atoms with Gasteiger partial charge in [0, 0.05) is 0 Å². The number of hydrogen-bond donors (Lipinski definition) is 0. The molecule has 0 saturated carbocycles. The van der Waals surface area contributed by atoms with Crippen LogP contribution >= 0.6 is 0 Å². The number of esters is 2. The summed E-state index contributed by atoms with van der Waals surface area (Å²) in [6.07, 6.45) is 14.7. The summed E-state index contributed by atoms with van der Waals surface area (Å²) in [6, 6.07) is 24.1. The Bertz CT molecular complexity index is 1110. The molecule has 0 fully saturated rings. The standard InChI is InChI=1S/C24H38O4.C13H10/c1-3-5-7-9-11-15-19-27-23(25)21-17-13-14-18-22(21)24(26)28-20-16-12-10-8-6-4-2;1-3-7-12-10(5-1)9-11-6-2-4-8-13(11)12/h13-14,17-18H,3-12,15-16,19-20H2,1-2H3;1-8H,9H2. The molecule has 4 rings (SSSR count). The second-order valence-electron chi connectivity index (χ2n) is 10.8. The summed E-state index contributed by atoms with van der Waals surface area (Å²) in [5.74, 6) is -0.888. The predicted octanol–water partition coefficient (Wildman–Crippen LogP) is 9.98. The Morgan fingerprint density at radius 1 is 0.512 bits per heavy atom. The first-order valence-electron chi connectivity index (χ1n) is 15.7. The van der Waals surface area contributed by atoms with Gasteiger partial charge >= 0.3 is 11.9 Å². The van der Waals surface area contributed by atoms with Crippen LogP contribution in [-0.4, -0.2) is 25.2 Å². The van der Waals surface area contributed by atoms with Crippen molar-refractivity contribution in [3.63, 3.8) is 0 Å². The van der Waals surface area contributed by atoms with Gasteiger partial charge in [0.05, 0.1) is 24.3 Å². The molecule has 0 N–H and O–H groups in total. The maximum absolute atomic E-state index is 12.4. The van der Waals surface area contributed by atoms with Crippen molar-refractivity contribution in [1.82, 2.24) is 0 Å². The molecule has 0 radical (unpaired) electrons. The molecule has 0 atom stereocenters. The SMILES string of the molecule is CCCCCCCCOC(=O)c1ccccc1C(=O)OCCCCCCCC.c1ccc2c(c1)Cc1ccccc1-2. The van der Waals surface area contributed by atoms with Gasteiger partial charge in [0.15, 0.2) is 0 Å². The maximum atomic E-state index is 12.4. The third-order valence-electron chi connectivity index (χ3n) is 7.53. The van der Waals surface area contributed by atoms with Gasteiger partial charge in [0.2, 0.25) is 0 Å². The minimum Gasteiger partial charge on any atom is -0.462 e. The minimum absolute atomic E-state index is 0.293. The number of carbonyl (C=O) groups is 2. The second kappa shape index (κ2) is 18.9. The Morgan fingerprint density at radius 2 is 0.878 bits per heavy atom. The number of ether oxygens (including phenoxy) is 2. The first-order chi connectivity index (χ1) is 20.2. The minimum atomic E-state index is -0.444. The zero-order chi connectivity index (χ0) is 29.1. The average Bonchev–Trinajstić information content (AvgIpc) is 3.39. The van der Waals surface area contributed by atoms with Gasteiger partial charge in [0.25, 0.3) is 0 Å². The Kier molecular flexibility index (Phi) is 14.8. The Labute approximate surface area is 247 Å². The zero-order valence-electron chi connectivity index (χ0n) is 25.2. The van der Waals surface area contributed by atoms with E-state index in [1.807, 2.05) is 0 Å². The van der Waals surface area contributed by atoms with Gasteiger partial charge in [-0.15, -0.1) is 0 Å². The molecule has 0 bridgehead atoms. The van der Waals surface area contributed by atoms with E-state index in [-0.39, 0.29) is 0 Å². The molecule has 4 heteroatoms. The van der Waals surface area contributed by atoms with E-state index in [1.165, 1.54) is 73.6 Å². The third kappa shape index (κ3) is 10.8. The maximum Gasteiger partial charge on any atom is 0.339 e. The summed E-state index contributed by atoms with van der Waals surface area (Å²) in [5.41, 5.74) is 6.34. The van der Waals surface area contributed by atoms with Crippen LogP contribution in [0.15, 0.2) is 72.8 Å². The molecule has 0 spiro atoms. The first-order valence-corrected chi connectivity index (χ1v) is 15.7. The highest BCUT2D eigenvalue weighted by Gasteiger charge is 2.19. The first kappa shape index (κ1) is 32.1. The zero-order valence-corrected chi connectivity index (χ0v) is 25.2. The smallest absolute Gasteiger partial charge is 0.339 e. The van der Waals surface area contributed by atoms with E-state index in [4.69, 9.17) is 9.47 Å². The largest absolute Gasteiger partial charge is 0.462 e. The van der Waals surface area contributed by atoms with E-state index >= 15 is 0 Å². The number of hydrogen-bond acceptors (Lipinski definition) is 4. The van der Waals surface area contributed by atoms with Crippen molar-refractivity contribution in [3.05, 3.63) is 95.1 Å². The van der Waals surface area contributed by atoms with Crippen molar-refractivity contribution in [2.24, 2.45) is 0 Å². The van der Waals surface area contributed by atoms with Crippen LogP contribution in [0.5, 0.6) is 0 Å². The molecule has 0 amide bonds. The van der Waals surface area contributed by atoms with E-state index < -0.39 is 11.9 Å². The van der Waals surface area contributed by atoms with E-state index in [2.05, 4.69) is 62.4 Å². The lowest BCUT2D eigenvalue weighted by molar-refractivity contribution is 0.0450. The van der Waals surface area contributed by atoms with Gasteiger partial charge in [-0.05, 0) is 53.6 Å². The van der Waals surface area contributed by atoms with Crippen LogP contribution in [0.2, 0.25) is 0 Å². The van der Waals surface area contributed by atoms with Crippen LogP contribution in [0, 0.1) is 0 Å². The third-order valence-corrected chi connectivity index (χ3v) is 7.53.